The summed E-state index contributed by atoms with van der Waals surface area (Å²) in [6.45, 7) is 6.22. The van der Waals surface area contributed by atoms with Gasteiger partial charge in [0.1, 0.15) is 5.75 Å². The summed E-state index contributed by atoms with van der Waals surface area (Å²) in [5, 5.41) is 0. The van der Waals surface area contributed by atoms with Crippen LogP contribution < -0.4 is 4.74 Å². The van der Waals surface area contributed by atoms with E-state index in [9.17, 15) is 4.79 Å². The van der Waals surface area contributed by atoms with Gasteiger partial charge in [0.05, 0.1) is 19.1 Å². The summed E-state index contributed by atoms with van der Waals surface area (Å²) >= 11 is 0. The molecule has 23 heavy (non-hydrogen) atoms. The fraction of sp³-hybridized carbons (Fsp3) is 0.368. The SMILES string of the molecule is COc1ccc(C2C(=O)N(C(C)(C)C)C2c2ccncc2)cc1. The first kappa shape index (κ1) is 15.5. The molecule has 4 nitrogen and oxygen atoms in total. The third-order valence-corrected chi connectivity index (χ3v) is 4.34. The molecule has 0 saturated carbocycles. The van der Waals surface area contributed by atoms with Crippen molar-refractivity contribution in [1.29, 1.82) is 0 Å². The maximum atomic E-state index is 12.8. The zero-order valence-electron chi connectivity index (χ0n) is 14.0. The number of aromatic nitrogens is 1. The van der Waals surface area contributed by atoms with E-state index in [1.807, 2.05) is 41.3 Å². The van der Waals surface area contributed by atoms with Crippen LogP contribution in [0.3, 0.4) is 0 Å². The van der Waals surface area contributed by atoms with Gasteiger partial charge in [-0.15, -0.1) is 0 Å². The molecule has 1 amide bonds. The van der Waals surface area contributed by atoms with Gasteiger partial charge >= 0.3 is 0 Å². The maximum Gasteiger partial charge on any atom is 0.233 e. The van der Waals surface area contributed by atoms with Gasteiger partial charge in [0.15, 0.2) is 0 Å². The van der Waals surface area contributed by atoms with Gasteiger partial charge in [-0.05, 0) is 56.2 Å². The third-order valence-electron chi connectivity index (χ3n) is 4.34. The van der Waals surface area contributed by atoms with E-state index in [1.54, 1.807) is 19.5 Å². The van der Waals surface area contributed by atoms with Gasteiger partial charge in [-0.25, -0.2) is 0 Å². The van der Waals surface area contributed by atoms with Crippen molar-refractivity contribution in [2.24, 2.45) is 0 Å². The molecule has 1 aromatic carbocycles. The van der Waals surface area contributed by atoms with Crippen LogP contribution in [0.5, 0.6) is 5.75 Å². The second kappa shape index (κ2) is 5.69. The molecule has 0 N–H and O–H groups in total. The smallest absolute Gasteiger partial charge is 0.233 e. The first-order chi connectivity index (χ1) is 10.9. The first-order valence-corrected chi connectivity index (χ1v) is 7.80. The van der Waals surface area contributed by atoms with Crippen LogP contribution in [0.2, 0.25) is 0 Å². The van der Waals surface area contributed by atoms with Crippen LogP contribution >= 0.6 is 0 Å². The molecule has 0 radical (unpaired) electrons. The predicted octanol–water partition coefficient (Wildman–Crippen LogP) is 3.56. The summed E-state index contributed by atoms with van der Waals surface area (Å²) in [5.74, 6) is 0.820. The predicted molar refractivity (Wildman–Crippen MR) is 89.3 cm³/mol. The van der Waals surface area contributed by atoms with E-state index in [0.717, 1.165) is 16.9 Å². The van der Waals surface area contributed by atoms with E-state index in [-0.39, 0.29) is 23.4 Å². The number of rotatable bonds is 3. The number of methoxy groups -OCH3 is 1. The third kappa shape index (κ3) is 2.69. The number of hydrogen-bond acceptors (Lipinski definition) is 3. The molecule has 0 spiro atoms. The summed E-state index contributed by atoms with van der Waals surface area (Å²) in [6.07, 6.45) is 3.56. The van der Waals surface area contributed by atoms with Crippen LogP contribution in [-0.2, 0) is 4.79 Å². The molecular weight excluding hydrogens is 288 g/mol. The highest BCUT2D eigenvalue weighted by atomic mass is 16.5. The van der Waals surface area contributed by atoms with Gasteiger partial charge in [-0.1, -0.05) is 12.1 Å². The minimum absolute atomic E-state index is 0.0406. The van der Waals surface area contributed by atoms with Crippen molar-refractivity contribution in [3.05, 3.63) is 59.9 Å². The largest absolute Gasteiger partial charge is 0.497 e. The summed E-state index contributed by atoms with van der Waals surface area (Å²) in [7, 11) is 1.64. The molecule has 120 valence electrons. The molecule has 0 aliphatic carbocycles. The van der Waals surface area contributed by atoms with Crippen LogP contribution in [-0.4, -0.2) is 28.4 Å². The fourth-order valence-corrected chi connectivity index (χ4v) is 3.28. The molecule has 2 unspecified atom stereocenters. The Hall–Kier alpha value is -2.36. The van der Waals surface area contributed by atoms with Crippen molar-refractivity contribution in [2.75, 3.05) is 7.11 Å². The molecule has 4 heteroatoms. The summed E-state index contributed by atoms with van der Waals surface area (Å²) in [4.78, 5) is 18.9. The molecule has 1 aromatic heterocycles. The lowest BCUT2D eigenvalue weighted by Gasteiger charge is -2.54. The number of carbonyl (C=O) groups excluding carboxylic acids is 1. The Morgan fingerprint density at radius 3 is 2.13 bits per heavy atom. The van der Waals surface area contributed by atoms with Crippen molar-refractivity contribution in [3.63, 3.8) is 0 Å². The maximum absolute atomic E-state index is 12.8. The van der Waals surface area contributed by atoms with Gasteiger partial charge < -0.3 is 9.64 Å². The standard InChI is InChI=1S/C19H22N2O2/c1-19(2,3)21-17(14-9-11-20-12-10-14)16(18(21)22)13-5-7-15(23-4)8-6-13/h5-12,16-17H,1-4H3. The Morgan fingerprint density at radius 2 is 1.61 bits per heavy atom. The molecule has 3 rings (SSSR count). The van der Waals surface area contributed by atoms with Gasteiger partial charge in [0, 0.05) is 17.9 Å². The molecule has 1 aliphatic rings. The Kier molecular flexibility index (Phi) is 3.84. The Bertz CT molecular complexity index is 690. The Labute approximate surface area is 137 Å². The normalized spacial score (nSPS) is 21.0. The average Bonchev–Trinajstić information content (AvgIpc) is 2.52. The lowest BCUT2D eigenvalue weighted by atomic mass is 9.75. The zero-order chi connectivity index (χ0) is 16.6. The van der Waals surface area contributed by atoms with E-state index < -0.39 is 0 Å². The van der Waals surface area contributed by atoms with Crippen molar-refractivity contribution >= 4 is 5.91 Å². The van der Waals surface area contributed by atoms with E-state index in [0.29, 0.717) is 0 Å². The Morgan fingerprint density at radius 1 is 1.00 bits per heavy atom. The molecule has 2 heterocycles. The number of ether oxygens (including phenoxy) is 1. The summed E-state index contributed by atoms with van der Waals surface area (Å²) in [6, 6.07) is 11.8. The zero-order valence-corrected chi connectivity index (χ0v) is 14.0. The lowest BCUT2D eigenvalue weighted by molar-refractivity contribution is -0.159. The van der Waals surface area contributed by atoms with Crippen LogP contribution in [0.4, 0.5) is 0 Å². The van der Waals surface area contributed by atoms with Crippen LogP contribution in [0.15, 0.2) is 48.8 Å². The molecule has 0 bridgehead atoms. The minimum atomic E-state index is -0.214. The monoisotopic (exact) mass is 310 g/mol. The minimum Gasteiger partial charge on any atom is -0.497 e. The highest BCUT2D eigenvalue weighted by Crippen LogP contribution is 2.49. The van der Waals surface area contributed by atoms with E-state index in [1.165, 1.54) is 0 Å². The molecule has 1 saturated heterocycles. The highest BCUT2D eigenvalue weighted by molar-refractivity contribution is 5.92. The number of hydrogen-bond donors (Lipinski definition) is 0. The van der Waals surface area contributed by atoms with Gasteiger partial charge in [0.25, 0.3) is 0 Å². The second-order valence-electron chi connectivity index (χ2n) is 6.86. The molecule has 1 fully saturated rings. The molecule has 2 aromatic rings. The van der Waals surface area contributed by atoms with E-state index in [4.69, 9.17) is 4.74 Å². The van der Waals surface area contributed by atoms with Crippen molar-refractivity contribution in [1.82, 2.24) is 9.88 Å². The summed E-state index contributed by atoms with van der Waals surface area (Å²) in [5.41, 5.74) is 1.93. The molecular formula is C19H22N2O2. The lowest BCUT2D eigenvalue weighted by Crippen LogP contribution is -2.60. The number of benzene rings is 1. The first-order valence-electron chi connectivity index (χ1n) is 7.80. The highest BCUT2D eigenvalue weighted by Gasteiger charge is 2.52. The second-order valence-corrected chi connectivity index (χ2v) is 6.86. The number of likely N-dealkylation sites (tertiary alicyclic amines) is 1. The number of β-lactam (4-membered cyclic amide) rings is 1. The Balaban J connectivity index is 1.99. The molecule has 2 atom stereocenters. The van der Waals surface area contributed by atoms with Crippen LogP contribution in [0.25, 0.3) is 0 Å². The van der Waals surface area contributed by atoms with Crippen molar-refractivity contribution < 1.29 is 9.53 Å². The topological polar surface area (TPSA) is 42.4 Å². The summed E-state index contributed by atoms with van der Waals surface area (Å²) < 4.78 is 5.21. The van der Waals surface area contributed by atoms with Gasteiger partial charge in [0.2, 0.25) is 5.91 Å². The van der Waals surface area contributed by atoms with Crippen molar-refractivity contribution in [2.45, 2.75) is 38.3 Å². The quantitative estimate of drug-likeness (QED) is 0.814. The van der Waals surface area contributed by atoms with E-state index in [2.05, 4.69) is 25.8 Å². The van der Waals surface area contributed by atoms with E-state index >= 15 is 0 Å². The van der Waals surface area contributed by atoms with Crippen molar-refractivity contribution in [3.8, 4) is 5.75 Å². The van der Waals surface area contributed by atoms with Crippen LogP contribution in [0, 0.1) is 0 Å². The fourth-order valence-electron chi connectivity index (χ4n) is 3.28. The average molecular weight is 310 g/mol. The molecule has 1 aliphatic heterocycles. The van der Waals surface area contributed by atoms with Gasteiger partial charge in [-0.3, -0.25) is 9.78 Å². The number of nitrogens with zero attached hydrogens (tertiary/aromatic N) is 2. The van der Waals surface area contributed by atoms with Gasteiger partial charge in [-0.2, -0.15) is 0 Å². The van der Waals surface area contributed by atoms with Crippen LogP contribution in [0.1, 0.15) is 43.9 Å². The number of pyridine rings is 1. The number of amides is 1. The number of carbonyl (C=O) groups is 1.